The average Bonchev–Trinajstić information content (AvgIpc) is 2.87. The molecule has 0 radical (unpaired) electrons. The number of pyridine rings is 1. The molecule has 1 unspecified atom stereocenters. The third-order valence-corrected chi connectivity index (χ3v) is 3.90. The van der Waals surface area contributed by atoms with Gasteiger partial charge in [-0.05, 0) is 24.6 Å². The quantitative estimate of drug-likeness (QED) is 0.906. The van der Waals surface area contributed by atoms with E-state index >= 15 is 0 Å². The van der Waals surface area contributed by atoms with Crippen molar-refractivity contribution in [2.45, 2.75) is 25.9 Å². The average molecular weight is 324 g/mol. The van der Waals surface area contributed by atoms with Crippen molar-refractivity contribution < 1.29 is 9.59 Å². The van der Waals surface area contributed by atoms with Gasteiger partial charge in [0.05, 0.1) is 6.04 Å². The van der Waals surface area contributed by atoms with Gasteiger partial charge in [-0.1, -0.05) is 36.4 Å². The maximum Gasteiger partial charge on any atom is 0.320 e. The number of amides is 3. The number of aromatic nitrogens is 1. The number of nitrogens with one attached hydrogen (secondary N) is 2. The standard InChI is InChI=1S/C18H20N4O2/c1-13-6-5-9-16(19-13)21-18(24)20-15-10-17(23)22(12-15)11-14-7-3-2-4-8-14/h2-9,15H,10-12H2,1H3,(H2,19,20,21,24). The van der Waals surface area contributed by atoms with Gasteiger partial charge in [0, 0.05) is 25.2 Å². The molecule has 3 rings (SSSR count). The summed E-state index contributed by atoms with van der Waals surface area (Å²) in [5, 5.41) is 5.54. The van der Waals surface area contributed by atoms with Crippen molar-refractivity contribution >= 4 is 17.8 Å². The smallest absolute Gasteiger partial charge is 0.320 e. The highest BCUT2D eigenvalue weighted by Crippen LogP contribution is 2.15. The number of carbonyl (C=O) groups excluding carboxylic acids is 2. The lowest BCUT2D eigenvalue weighted by Gasteiger charge is -2.17. The van der Waals surface area contributed by atoms with E-state index in [-0.39, 0.29) is 18.0 Å². The van der Waals surface area contributed by atoms with E-state index in [2.05, 4.69) is 15.6 Å². The third-order valence-electron chi connectivity index (χ3n) is 3.90. The Kier molecular flexibility index (Phi) is 4.74. The Labute approximate surface area is 140 Å². The van der Waals surface area contributed by atoms with Crippen LogP contribution >= 0.6 is 0 Å². The summed E-state index contributed by atoms with van der Waals surface area (Å²) in [6.45, 7) is 2.95. The summed E-state index contributed by atoms with van der Waals surface area (Å²) in [6, 6.07) is 14.7. The molecule has 0 aliphatic carbocycles. The lowest BCUT2D eigenvalue weighted by molar-refractivity contribution is -0.128. The molecule has 2 N–H and O–H groups in total. The van der Waals surface area contributed by atoms with Crippen molar-refractivity contribution in [1.82, 2.24) is 15.2 Å². The Morgan fingerprint density at radius 3 is 2.75 bits per heavy atom. The predicted octanol–water partition coefficient (Wildman–Crippen LogP) is 2.31. The van der Waals surface area contributed by atoms with Crippen molar-refractivity contribution in [1.29, 1.82) is 0 Å². The minimum Gasteiger partial charge on any atom is -0.336 e. The monoisotopic (exact) mass is 324 g/mol. The Hall–Kier alpha value is -2.89. The van der Waals surface area contributed by atoms with Crippen LogP contribution in [-0.2, 0) is 11.3 Å². The number of hydrogen-bond donors (Lipinski definition) is 2. The molecule has 6 heteroatoms. The molecule has 1 atom stereocenters. The van der Waals surface area contributed by atoms with Crippen LogP contribution in [0.3, 0.4) is 0 Å². The first-order chi connectivity index (χ1) is 11.6. The van der Waals surface area contributed by atoms with Gasteiger partial charge in [0.2, 0.25) is 5.91 Å². The van der Waals surface area contributed by atoms with Crippen LogP contribution in [0.4, 0.5) is 10.6 Å². The number of rotatable bonds is 4. The fourth-order valence-electron chi connectivity index (χ4n) is 2.78. The second-order valence-corrected chi connectivity index (χ2v) is 5.92. The van der Waals surface area contributed by atoms with Crippen LogP contribution in [0.5, 0.6) is 0 Å². The van der Waals surface area contributed by atoms with Gasteiger partial charge in [-0.25, -0.2) is 9.78 Å². The summed E-state index contributed by atoms with van der Waals surface area (Å²) in [4.78, 5) is 30.2. The van der Waals surface area contributed by atoms with E-state index in [1.165, 1.54) is 0 Å². The largest absolute Gasteiger partial charge is 0.336 e. The zero-order valence-corrected chi connectivity index (χ0v) is 13.5. The maximum atomic E-state index is 12.1. The van der Waals surface area contributed by atoms with E-state index in [1.807, 2.05) is 49.4 Å². The molecule has 0 bridgehead atoms. The maximum absolute atomic E-state index is 12.1. The number of anilines is 1. The minimum atomic E-state index is -0.340. The first kappa shape index (κ1) is 16.0. The van der Waals surface area contributed by atoms with E-state index in [1.54, 1.807) is 11.0 Å². The van der Waals surface area contributed by atoms with Crippen LogP contribution < -0.4 is 10.6 Å². The summed E-state index contributed by atoms with van der Waals surface area (Å²) in [5.74, 6) is 0.552. The number of nitrogens with zero attached hydrogens (tertiary/aromatic N) is 2. The summed E-state index contributed by atoms with van der Waals surface area (Å²) in [7, 11) is 0. The molecule has 6 nitrogen and oxygen atoms in total. The molecule has 2 aromatic rings. The molecule has 1 aromatic carbocycles. The third kappa shape index (κ3) is 4.10. The van der Waals surface area contributed by atoms with Crippen molar-refractivity contribution in [3.63, 3.8) is 0 Å². The van der Waals surface area contributed by atoms with E-state index in [4.69, 9.17) is 0 Å². The van der Waals surface area contributed by atoms with E-state index in [0.717, 1.165) is 11.3 Å². The lowest BCUT2D eigenvalue weighted by atomic mass is 10.2. The molecule has 1 aliphatic heterocycles. The fraction of sp³-hybridized carbons (Fsp3) is 0.278. The van der Waals surface area contributed by atoms with Crippen LogP contribution in [-0.4, -0.2) is 34.4 Å². The molecule has 3 amide bonds. The summed E-state index contributed by atoms with van der Waals surface area (Å²) in [6.07, 6.45) is 0.321. The lowest BCUT2D eigenvalue weighted by Crippen LogP contribution is -2.39. The topological polar surface area (TPSA) is 74.3 Å². The van der Waals surface area contributed by atoms with Crippen LogP contribution in [0.25, 0.3) is 0 Å². The number of aryl methyl sites for hydroxylation is 1. The minimum absolute atomic E-state index is 0.0535. The predicted molar refractivity (Wildman–Crippen MR) is 91.4 cm³/mol. The van der Waals surface area contributed by atoms with Crippen LogP contribution in [0.2, 0.25) is 0 Å². The van der Waals surface area contributed by atoms with Gasteiger partial charge in [0.1, 0.15) is 5.82 Å². The first-order valence-electron chi connectivity index (χ1n) is 7.93. The van der Waals surface area contributed by atoms with Gasteiger partial charge in [-0.3, -0.25) is 10.1 Å². The Balaban J connectivity index is 1.53. The highest BCUT2D eigenvalue weighted by Gasteiger charge is 2.30. The van der Waals surface area contributed by atoms with Crippen LogP contribution in [0.1, 0.15) is 17.7 Å². The van der Waals surface area contributed by atoms with Gasteiger partial charge in [-0.15, -0.1) is 0 Å². The summed E-state index contributed by atoms with van der Waals surface area (Å²) < 4.78 is 0. The van der Waals surface area contributed by atoms with Gasteiger partial charge in [0.25, 0.3) is 0 Å². The highest BCUT2D eigenvalue weighted by atomic mass is 16.2. The number of urea groups is 1. The van der Waals surface area contributed by atoms with Crippen LogP contribution in [0, 0.1) is 6.92 Å². The fourth-order valence-corrected chi connectivity index (χ4v) is 2.78. The van der Waals surface area contributed by atoms with Crippen molar-refractivity contribution in [3.8, 4) is 0 Å². The summed E-state index contributed by atoms with van der Waals surface area (Å²) >= 11 is 0. The van der Waals surface area contributed by atoms with E-state index in [0.29, 0.717) is 25.3 Å². The Morgan fingerprint density at radius 2 is 2.00 bits per heavy atom. The number of carbonyl (C=O) groups is 2. The molecular formula is C18H20N4O2. The SMILES string of the molecule is Cc1cccc(NC(=O)NC2CC(=O)N(Cc3ccccc3)C2)n1. The van der Waals surface area contributed by atoms with Gasteiger partial charge in [0.15, 0.2) is 0 Å². The Morgan fingerprint density at radius 1 is 1.21 bits per heavy atom. The van der Waals surface area contributed by atoms with Gasteiger partial charge in [-0.2, -0.15) is 0 Å². The molecule has 1 aliphatic rings. The van der Waals surface area contributed by atoms with Crippen molar-refractivity contribution in [2.24, 2.45) is 0 Å². The zero-order valence-electron chi connectivity index (χ0n) is 13.5. The second kappa shape index (κ2) is 7.12. The number of benzene rings is 1. The second-order valence-electron chi connectivity index (χ2n) is 5.92. The molecule has 0 saturated carbocycles. The normalized spacial score (nSPS) is 17.0. The number of likely N-dealkylation sites (tertiary alicyclic amines) is 1. The van der Waals surface area contributed by atoms with Gasteiger partial charge < -0.3 is 10.2 Å². The highest BCUT2D eigenvalue weighted by molar-refractivity contribution is 5.89. The van der Waals surface area contributed by atoms with Crippen LogP contribution in [0.15, 0.2) is 48.5 Å². The molecule has 1 saturated heterocycles. The van der Waals surface area contributed by atoms with E-state index in [9.17, 15) is 9.59 Å². The van der Waals surface area contributed by atoms with Gasteiger partial charge >= 0.3 is 6.03 Å². The Bertz CT molecular complexity index is 733. The first-order valence-corrected chi connectivity index (χ1v) is 7.93. The van der Waals surface area contributed by atoms with Crippen molar-refractivity contribution in [2.75, 3.05) is 11.9 Å². The molecule has 1 fully saturated rings. The van der Waals surface area contributed by atoms with Crippen molar-refractivity contribution in [3.05, 3.63) is 59.8 Å². The van der Waals surface area contributed by atoms with E-state index < -0.39 is 0 Å². The molecule has 1 aromatic heterocycles. The molecule has 124 valence electrons. The number of hydrogen-bond acceptors (Lipinski definition) is 3. The summed E-state index contributed by atoms with van der Waals surface area (Å²) in [5.41, 5.74) is 1.91. The molecule has 0 spiro atoms. The molecular weight excluding hydrogens is 304 g/mol. The zero-order chi connectivity index (χ0) is 16.9. The molecule has 24 heavy (non-hydrogen) atoms. The molecule has 2 heterocycles.